The Morgan fingerprint density at radius 2 is 1.72 bits per heavy atom. The third-order valence-corrected chi connectivity index (χ3v) is 8.29. The smallest absolute Gasteiger partial charge is 0.326 e. The molecule has 2 heterocycles. The summed E-state index contributed by atoms with van der Waals surface area (Å²) in [4.78, 5) is 43.8. The Morgan fingerprint density at radius 1 is 1.12 bits per heavy atom. The van der Waals surface area contributed by atoms with Crippen LogP contribution in [0.4, 0.5) is 4.79 Å². The molecule has 3 rings (SSSR count). The van der Waals surface area contributed by atoms with Gasteiger partial charge in [-0.05, 0) is 50.4 Å². The van der Waals surface area contributed by atoms with Gasteiger partial charge in [0.15, 0.2) is 0 Å². The van der Waals surface area contributed by atoms with Crippen molar-refractivity contribution in [2.75, 3.05) is 39.4 Å². The number of carbonyl (C=O) groups excluding carboxylic acids is 3. The van der Waals surface area contributed by atoms with E-state index >= 15 is 0 Å². The molecule has 1 saturated carbocycles. The third kappa shape index (κ3) is 5.45. The highest BCUT2D eigenvalue weighted by Gasteiger charge is 2.53. The first-order valence-corrected chi connectivity index (χ1v) is 12.5. The molecular weight excluding hydrogens is 406 g/mol. The lowest BCUT2D eigenvalue weighted by atomic mass is 9.65. The molecule has 1 aliphatic carbocycles. The average molecular weight is 450 g/mol. The van der Waals surface area contributed by atoms with Crippen molar-refractivity contribution >= 4 is 17.8 Å². The fraction of sp³-hybridized carbons (Fsp3) is 0.875. The van der Waals surface area contributed by atoms with Crippen molar-refractivity contribution in [3.8, 4) is 0 Å². The Bertz CT molecular complexity index is 694. The van der Waals surface area contributed by atoms with E-state index in [0.717, 1.165) is 64.7 Å². The van der Waals surface area contributed by atoms with Gasteiger partial charge in [-0.3, -0.25) is 19.4 Å². The maximum Gasteiger partial charge on any atom is 0.326 e. The van der Waals surface area contributed by atoms with Crippen LogP contribution in [0.3, 0.4) is 0 Å². The van der Waals surface area contributed by atoms with Crippen LogP contribution >= 0.6 is 0 Å². The quantitative estimate of drug-likeness (QED) is 0.556. The first-order valence-electron chi connectivity index (χ1n) is 12.5. The molecule has 0 aromatic rings. The Labute approximate surface area is 193 Å². The van der Waals surface area contributed by atoms with E-state index in [9.17, 15) is 14.4 Å². The van der Waals surface area contributed by atoms with Crippen molar-refractivity contribution < 1.29 is 14.4 Å². The molecule has 32 heavy (non-hydrogen) atoms. The normalized spacial score (nSPS) is 28.8. The summed E-state index contributed by atoms with van der Waals surface area (Å²) in [6, 6.07) is -0.0579. The van der Waals surface area contributed by atoms with Crippen LogP contribution in [0.25, 0.3) is 0 Å². The van der Waals surface area contributed by atoms with Crippen molar-refractivity contribution in [3.05, 3.63) is 0 Å². The largest absolute Gasteiger partial charge is 0.353 e. The van der Waals surface area contributed by atoms with Gasteiger partial charge in [0.2, 0.25) is 5.91 Å². The molecule has 2 N–H and O–H groups in total. The van der Waals surface area contributed by atoms with Crippen LogP contribution in [0.5, 0.6) is 0 Å². The van der Waals surface area contributed by atoms with Gasteiger partial charge in [-0.25, -0.2) is 9.69 Å². The number of carbonyl (C=O) groups is 3. The van der Waals surface area contributed by atoms with Gasteiger partial charge in [-0.1, -0.05) is 34.1 Å². The fourth-order valence-corrected chi connectivity index (χ4v) is 5.24. The lowest BCUT2D eigenvalue weighted by molar-refractivity contribution is -0.134. The molecule has 0 aromatic heterocycles. The second kappa shape index (κ2) is 10.1. The van der Waals surface area contributed by atoms with E-state index in [1.165, 1.54) is 4.90 Å². The van der Waals surface area contributed by atoms with Crippen LogP contribution < -0.4 is 10.6 Å². The molecule has 2 aliphatic heterocycles. The number of nitrogens with one attached hydrogen (secondary N) is 2. The molecule has 182 valence electrons. The van der Waals surface area contributed by atoms with E-state index in [2.05, 4.69) is 48.1 Å². The van der Waals surface area contributed by atoms with Crippen LogP contribution in [0.1, 0.15) is 73.1 Å². The summed E-state index contributed by atoms with van der Waals surface area (Å²) in [6.07, 6.45) is 5.49. The number of nitrogens with zero attached hydrogens (tertiary/aromatic N) is 3. The van der Waals surface area contributed by atoms with Crippen molar-refractivity contribution in [1.29, 1.82) is 0 Å². The zero-order valence-corrected chi connectivity index (χ0v) is 20.7. The monoisotopic (exact) mass is 449 g/mol. The van der Waals surface area contributed by atoms with Gasteiger partial charge in [-0.15, -0.1) is 0 Å². The van der Waals surface area contributed by atoms with Crippen molar-refractivity contribution in [2.24, 2.45) is 11.3 Å². The Balaban J connectivity index is 1.48. The second-order valence-electron chi connectivity index (χ2n) is 10.8. The molecule has 0 radical (unpaired) electrons. The second-order valence-corrected chi connectivity index (χ2v) is 10.8. The highest BCUT2D eigenvalue weighted by Crippen LogP contribution is 2.45. The molecule has 0 bridgehead atoms. The lowest BCUT2D eigenvalue weighted by Gasteiger charge is -2.42. The Morgan fingerprint density at radius 3 is 2.28 bits per heavy atom. The molecule has 8 nitrogen and oxygen atoms in total. The van der Waals surface area contributed by atoms with Crippen LogP contribution in [0, 0.1) is 11.3 Å². The van der Waals surface area contributed by atoms with E-state index in [1.54, 1.807) is 0 Å². The van der Waals surface area contributed by atoms with E-state index in [4.69, 9.17) is 0 Å². The minimum atomic E-state index is -0.701. The van der Waals surface area contributed by atoms with Gasteiger partial charge in [0, 0.05) is 32.2 Å². The first-order chi connectivity index (χ1) is 15.1. The molecule has 0 unspecified atom stereocenters. The van der Waals surface area contributed by atoms with E-state index in [0.29, 0.717) is 19.1 Å². The minimum Gasteiger partial charge on any atom is -0.353 e. The molecule has 1 spiro atoms. The van der Waals surface area contributed by atoms with Gasteiger partial charge in [0.25, 0.3) is 5.91 Å². The van der Waals surface area contributed by atoms with Crippen molar-refractivity contribution in [3.63, 3.8) is 0 Å². The summed E-state index contributed by atoms with van der Waals surface area (Å²) in [6.45, 7) is 14.7. The van der Waals surface area contributed by atoms with Gasteiger partial charge < -0.3 is 10.6 Å². The Kier molecular flexibility index (Phi) is 7.86. The summed E-state index contributed by atoms with van der Waals surface area (Å²) in [5.74, 6) is 0.610. The summed E-state index contributed by atoms with van der Waals surface area (Å²) in [7, 11) is 0. The van der Waals surface area contributed by atoms with Gasteiger partial charge in [0.1, 0.15) is 5.54 Å². The Hall–Kier alpha value is -1.67. The first kappa shape index (κ1) is 25.0. The van der Waals surface area contributed by atoms with E-state index in [1.807, 2.05) is 6.92 Å². The van der Waals surface area contributed by atoms with Gasteiger partial charge >= 0.3 is 6.03 Å². The molecule has 8 heteroatoms. The zero-order valence-electron chi connectivity index (χ0n) is 20.7. The van der Waals surface area contributed by atoms with E-state index in [-0.39, 0.29) is 29.3 Å². The summed E-state index contributed by atoms with van der Waals surface area (Å²) in [5.41, 5.74) is -0.425. The van der Waals surface area contributed by atoms with Crippen LogP contribution in [0.2, 0.25) is 0 Å². The SMILES string of the molecule is CC[C@H](C)NC(=O)CN1CCN(CN2C(=O)NC3(CCC(C(C)(C)CC)CC3)C2=O)CC1. The highest BCUT2D eigenvalue weighted by atomic mass is 16.2. The highest BCUT2D eigenvalue weighted by molar-refractivity contribution is 6.07. The average Bonchev–Trinajstić information content (AvgIpc) is 2.99. The maximum atomic E-state index is 13.3. The van der Waals surface area contributed by atoms with E-state index < -0.39 is 5.54 Å². The molecule has 3 fully saturated rings. The number of imide groups is 1. The number of piperazine rings is 1. The summed E-state index contributed by atoms with van der Waals surface area (Å²) in [5, 5.41) is 6.06. The molecular formula is C24H43N5O3. The summed E-state index contributed by atoms with van der Waals surface area (Å²) < 4.78 is 0. The number of rotatable bonds is 8. The maximum absolute atomic E-state index is 13.3. The fourth-order valence-electron chi connectivity index (χ4n) is 5.24. The number of hydrogen-bond acceptors (Lipinski definition) is 5. The van der Waals surface area contributed by atoms with Crippen LogP contribution in [-0.4, -0.2) is 83.5 Å². The van der Waals surface area contributed by atoms with Crippen LogP contribution in [-0.2, 0) is 9.59 Å². The number of urea groups is 1. The molecule has 3 aliphatic rings. The number of amides is 4. The molecule has 2 saturated heterocycles. The molecule has 0 aromatic carbocycles. The van der Waals surface area contributed by atoms with Crippen molar-refractivity contribution in [1.82, 2.24) is 25.3 Å². The topological polar surface area (TPSA) is 85.0 Å². The van der Waals surface area contributed by atoms with Gasteiger partial charge in [-0.2, -0.15) is 0 Å². The number of hydrogen-bond donors (Lipinski definition) is 2. The third-order valence-electron chi connectivity index (χ3n) is 8.29. The molecule has 4 amide bonds. The minimum absolute atomic E-state index is 0.0504. The summed E-state index contributed by atoms with van der Waals surface area (Å²) >= 11 is 0. The standard InChI is InChI=1S/C24H43N5O3/c1-6-18(3)25-20(30)16-27-12-14-28(15-13-27)17-29-21(31)24(26-22(29)32)10-8-19(9-11-24)23(4,5)7-2/h18-19H,6-17H2,1-5H3,(H,25,30)(H,26,32)/t18-,19?,24?/m0/s1. The van der Waals surface area contributed by atoms with Crippen molar-refractivity contribution in [2.45, 2.75) is 84.7 Å². The predicted molar refractivity (Wildman–Crippen MR) is 125 cm³/mol. The van der Waals surface area contributed by atoms with Crippen LogP contribution in [0.15, 0.2) is 0 Å². The molecule has 1 atom stereocenters. The predicted octanol–water partition coefficient (Wildman–Crippen LogP) is 2.39. The van der Waals surface area contributed by atoms with Gasteiger partial charge in [0.05, 0.1) is 13.2 Å². The zero-order chi connectivity index (χ0) is 23.5. The lowest BCUT2D eigenvalue weighted by Crippen LogP contribution is -2.54.